The number of carbonyl (C=O) groups excluding carboxylic acids is 2. The van der Waals surface area contributed by atoms with Crippen molar-refractivity contribution in [2.45, 2.75) is 69.4 Å². The van der Waals surface area contributed by atoms with E-state index in [9.17, 15) is 18.0 Å². The van der Waals surface area contributed by atoms with E-state index in [4.69, 9.17) is 23.2 Å². The van der Waals surface area contributed by atoms with Gasteiger partial charge in [0.1, 0.15) is 12.6 Å². The van der Waals surface area contributed by atoms with Gasteiger partial charge in [0, 0.05) is 17.6 Å². The standard InChI is InChI=1S/C32H37Cl2N3O4S/c1-3-29(32(39)35-26-11-7-8-12-26)36(20-19-24-9-5-4-6-10-24)31(38)22-37(30-21-25(33)15-18-28(30)34)42(40,41)27-16-13-23(2)14-17-27/h4-6,9-10,13-18,21,26,29H,3,7-8,11-12,19-20,22H2,1-2H3,(H,35,39)/t29-/m1/s1. The van der Waals surface area contributed by atoms with Gasteiger partial charge in [-0.25, -0.2) is 8.42 Å². The predicted molar refractivity (Wildman–Crippen MR) is 169 cm³/mol. The smallest absolute Gasteiger partial charge is 0.264 e. The molecule has 0 saturated heterocycles. The molecule has 0 heterocycles. The Morgan fingerprint density at radius 1 is 0.976 bits per heavy atom. The van der Waals surface area contributed by atoms with Crippen LogP contribution in [-0.2, 0) is 26.0 Å². The number of nitrogens with zero attached hydrogens (tertiary/aromatic N) is 2. The Labute approximate surface area is 258 Å². The number of amides is 2. The molecule has 0 spiro atoms. The first-order chi connectivity index (χ1) is 20.1. The number of nitrogens with one attached hydrogen (secondary N) is 1. The molecule has 1 aliphatic carbocycles. The normalized spacial score (nSPS) is 14.4. The molecule has 1 N–H and O–H groups in total. The minimum Gasteiger partial charge on any atom is -0.352 e. The monoisotopic (exact) mass is 629 g/mol. The van der Waals surface area contributed by atoms with Crippen LogP contribution in [0.4, 0.5) is 5.69 Å². The Balaban J connectivity index is 1.70. The number of aryl methyl sites for hydroxylation is 1. The van der Waals surface area contributed by atoms with Gasteiger partial charge < -0.3 is 10.2 Å². The molecule has 1 fully saturated rings. The number of rotatable bonds is 12. The van der Waals surface area contributed by atoms with Gasteiger partial charge in [-0.3, -0.25) is 13.9 Å². The van der Waals surface area contributed by atoms with Crippen LogP contribution < -0.4 is 9.62 Å². The SMILES string of the molecule is CC[C@H](C(=O)NC1CCCC1)N(CCc1ccccc1)C(=O)CN(c1cc(Cl)ccc1Cl)S(=O)(=O)c1ccc(C)cc1. The Morgan fingerprint density at radius 3 is 2.29 bits per heavy atom. The number of carbonyl (C=O) groups is 2. The highest BCUT2D eigenvalue weighted by Gasteiger charge is 2.35. The van der Waals surface area contributed by atoms with E-state index in [1.54, 1.807) is 18.2 Å². The third-order valence-corrected chi connectivity index (χ3v) is 9.97. The van der Waals surface area contributed by atoms with Crippen LogP contribution in [0.25, 0.3) is 0 Å². The molecular weight excluding hydrogens is 593 g/mol. The maximum Gasteiger partial charge on any atom is 0.264 e. The van der Waals surface area contributed by atoms with Gasteiger partial charge in [-0.05, 0) is 68.5 Å². The van der Waals surface area contributed by atoms with Gasteiger partial charge in [0.15, 0.2) is 0 Å². The summed E-state index contributed by atoms with van der Waals surface area (Å²) < 4.78 is 29.0. The lowest BCUT2D eigenvalue weighted by molar-refractivity contribution is -0.139. The van der Waals surface area contributed by atoms with Crippen LogP contribution in [-0.4, -0.2) is 50.3 Å². The number of anilines is 1. The molecule has 0 radical (unpaired) electrons. The van der Waals surface area contributed by atoms with Crippen molar-refractivity contribution in [3.05, 3.63) is 94.0 Å². The molecule has 0 aliphatic heterocycles. The quantitative estimate of drug-likeness (QED) is 0.251. The van der Waals surface area contributed by atoms with Crippen molar-refractivity contribution in [1.29, 1.82) is 0 Å². The van der Waals surface area contributed by atoms with Crippen molar-refractivity contribution in [3.8, 4) is 0 Å². The second-order valence-corrected chi connectivity index (χ2v) is 13.4. The van der Waals surface area contributed by atoms with Crippen molar-refractivity contribution in [2.24, 2.45) is 0 Å². The van der Waals surface area contributed by atoms with E-state index in [1.165, 1.54) is 29.2 Å². The Morgan fingerprint density at radius 2 is 1.64 bits per heavy atom. The number of benzene rings is 3. The van der Waals surface area contributed by atoms with Crippen LogP contribution in [0.3, 0.4) is 0 Å². The molecule has 7 nitrogen and oxygen atoms in total. The van der Waals surface area contributed by atoms with Crippen LogP contribution in [0.2, 0.25) is 10.0 Å². The fourth-order valence-corrected chi connectivity index (χ4v) is 7.15. The summed E-state index contributed by atoms with van der Waals surface area (Å²) in [6, 6.07) is 19.9. The highest BCUT2D eigenvalue weighted by atomic mass is 35.5. The Hall–Kier alpha value is -3.07. The second kappa shape index (κ2) is 14.4. The minimum atomic E-state index is -4.23. The van der Waals surface area contributed by atoms with E-state index in [0.29, 0.717) is 12.8 Å². The summed E-state index contributed by atoms with van der Waals surface area (Å²) >= 11 is 12.8. The molecule has 2 amide bonds. The molecule has 1 saturated carbocycles. The summed E-state index contributed by atoms with van der Waals surface area (Å²) in [5, 5.41) is 3.52. The van der Waals surface area contributed by atoms with Gasteiger partial charge in [-0.15, -0.1) is 0 Å². The van der Waals surface area contributed by atoms with Crippen molar-refractivity contribution in [1.82, 2.24) is 10.2 Å². The van der Waals surface area contributed by atoms with Crippen molar-refractivity contribution >= 4 is 50.7 Å². The van der Waals surface area contributed by atoms with Crippen LogP contribution in [0.1, 0.15) is 50.2 Å². The molecule has 3 aromatic rings. The first kappa shape index (κ1) is 31.9. The van der Waals surface area contributed by atoms with E-state index in [2.05, 4.69) is 5.32 Å². The lowest BCUT2D eigenvalue weighted by atomic mass is 10.1. The average molecular weight is 631 g/mol. The van der Waals surface area contributed by atoms with Gasteiger partial charge in [0.05, 0.1) is 15.6 Å². The number of halogens is 2. The summed E-state index contributed by atoms with van der Waals surface area (Å²) in [6.07, 6.45) is 4.82. The zero-order valence-corrected chi connectivity index (χ0v) is 26.3. The molecule has 224 valence electrons. The predicted octanol–water partition coefficient (Wildman–Crippen LogP) is 6.41. The van der Waals surface area contributed by atoms with E-state index in [1.807, 2.05) is 44.2 Å². The first-order valence-electron chi connectivity index (χ1n) is 14.3. The maximum atomic E-state index is 14.2. The summed E-state index contributed by atoms with van der Waals surface area (Å²) in [7, 11) is -4.23. The average Bonchev–Trinajstić information content (AvgIpc) is 3.49. The topological polar surface area (TPSA) is 86.8 Å². The highest BCUT2D eigenvalue weighted by Crippen LogP contribution is 2.33. The fraction of sp³-hybridized carbons (Fsp3) is 0.375. The van der Waals surface area contributed by atoms with Crippen molar-refractivity contribution < 1.29 is 18.0 Å². The number of hydrogen-bond donors (Lipinski definition) is 1. The highest BCUT2D eigenvalue weighted by molar-refractivity contribution is 7.92. The molecule has 1 aliphatic rings. The van der Waals surface area contributed by atoms with E-state index in [0.717, 1.165) is 41.1 Å². The molecule has 42 heavy (non-hydrogen) atoms. The maximum absolute atomic E-state index is 14.2. The summed E-state index contributed by atoms with van der Waals surface area (Å²) in [4.78, 5) is 29.2. The fourth-order valence-electron chi connectivity index (χ4n) is 5.29. The van der Waals surface area contributed by atoms with E-state index in [-0.39, 0.29) is 39.1 Å². The third kappa shape index (κ3) is 7.85. The largest absolute Gasteiger partial charge is 0.352 e. The lowest BCUT2D eigenvalue weighted by Crippen LogP contribution is -2.54. The molecule has 4 rings (SSSR count). The lowest BCUT2D eigenvalue weighted by Gasteiger charge is -2.34. The van der Waals surface area contributed by atoms with Gasteiger partial charge in [0.25, 0.3) is 10.0 Å². The van der Waals surface area contributed by atoms with Gasteiger partial charge in [-0.2, -0.15) is 0 Å². The number of sulfonamides is 1. The molecule has 0 aromatic heterocycles. The van der Waals surface area contributed by atoms with Crippen LogP contribution in [0, 0.1) is 6.92 Å². The Bertz CT molecular complexity index is 1480. The third-order valence-electron chi connectivity index (χ3n) is 7.64. The number of hydrogen-bond acceptors (Lipinski definition) is 4. The summed E-state index contributed by atoms with van der Waals surface area (Å²) in [6.45, 7) is 3.40. The van der Waals surface area contributed by atoms with Gasteiger partial charge >= 0.3 is 0 Å². The van der Waals surface area contributed by atoms with Crippen molar-refractivity contribution in [3.63, 3.8) is 0 Å². The minimum absolute atomic E-state index is 0.0128. The first-order valence-corrected chi connectivity index (χ1v) is 16.5. The molecule has 0 bridgehead atoms. The van der Waals surface area contributed by atoms with Gasteiger partial charge in [0.2, 0.25) is 11.8 Å². The summed E-state index contributed by atoms with van der Waals surface area (Å²) in [5.41, 5.74) is 1.98. The second-order valence-electron chi connectivity index (χ2n) is 10.7. The van der Waals surface area contributed by atoms with Gasteiger partial charge in [-0.1, -0.05) is 91.0 Å². The molecular formula is C32H37Cl2N3O4S. The Kier molecular flexibility index (Phi) is 10.9. The zero-order valence-electron chi connectivity index (χ0n) is 23.9. The van der Waals surface area contributed by atoms with Crippen molar-refractivity contribution in [2.75, 3.05) is 17.4 Å². The summed E-state index contributed by atoms with van der Waals surface area (Å²) in [5.74, 6) is -0.731. The zero-order chi connectivity index (χ0) is 30.3. The molecule has 1 atom stereocenters. The van der Waals surface area contributed by atoms with E-state index >= 15 is 0 Å². The molecule has 3 aromatic carbocycles. The molecule has 0 unspecified atom stereocenters. The van der Waals surface area contributed by atoms with Crippen LogP contribution in [0.15, 0.2) is 77.7 Å². The van der Waals surface area contributed by atoms with Crippen LogP contribution in [0.5, 0.6) is 0 Å². The van der Waals surface area contributed by atoms with Crippen LogP contribution >= 0.6 is 23.2 Å². The molecule has 10 heteroatoms. The van der Waals surface area contributed by atoms with E-state index < -0.39 is 28.5 Å².